The Morgan fingerprint density at radius 3 is 2.45 bits per heavy atom. The summed E-state index contributed by atoms with van der Waals surface area (Å²) < 4.78 is 51.3. The number of hydrogen-bond acceptors (Lipinski definition) is 4. The van der Waals surface area contributed by atoms with E-state index in [9.17, 15) is 17.6 Å². The van der Waals surface area contributed by atoms with Crippen molar-refractivity contribution in [3.8, 4) is 0 Å². The number of rotatable bonds is 2. The van der Waals surface area contributed by atoms with E-state index in [4.69, 9.17) is 5.73 Å². The number of nitrogen functional groups attached to an aromatic ring is 1. The number of nitrogens with two attached hydrogens (primary N) is 1. The third kappa shape index (κ3) is 3.14. The summed E-state index contributed by atoms with van der Waals surface area (Å²) in [5, 5.41) is 2.46. The molecule has 0 aliphatic heterocycles. The average Bonchev–Trinajstić information content (AvgIpc) is 2.29. The number of nitrogens with one attached hydrogen (secondary N) is 1. The van der Waals surface area contributed by atoms with Crippen molar-refractivity contribution in [3.05, 3.63) is 41.5 Å². The number of nitrogens with zero attached hydrogens (tertiary/aromatic N) is 2. The van der Waals surface area contributed by atoms with E-state index >= 15 is 0 Å². The van der Waals surface area contributed by atoms with Crippen molar-refractivity contribution in [2.75, 3.05) is 11.1 Å². The highest BCUT2D eigenvalue weighted by molar-refractivity contribution is 5.60. The van der Waals surface area contributed by atoms with Crippen LogP contribution in [0.25, 0.3) is 0 Å². The quantitative estimate of drug-likeness (QED) is 0.832. The van der Waals surface area contributed by atoms with Crippen molar-refractivity contribution in [3.63, 3.8) is 0 Å². The number of aromatic nitrogens is 2. The van der Waals surface area contributed by atoms with E-state index < -0.39 is 17.6 Å². The summed E-state index contributed by atoms with van der Waals surface area (Å²) in [6, 6.07) is 3.37. The van der Waals surface area contributed by atoms with Gasteiger partial charge in [0.2, 0.25) is 0 Å². The lowest BCUT2D eigenvalue weighted by molar-refractivity contribution is -0.137. The van der Waals surface area contributed by atoms with E-state index in [-0.39, 0.29) is 17.3 Å². The second-order valence-corrected chi connectivity index (χ2v) is 4.04. The van der Waals surface area contributed by atoms with Crippen molar-refractivity contribution >= 4 is 17.3 Å². The summed E-state index contributed by atoms with van der Waals surface area (Å²) in [7, 11) is 0. The zero-order valence-electron chi connectivity index (χ0n) is 10.3. The first kappa shape index (κ1) is 14.0. The summed E-state index contributed by atoms with van der Waals surface area (Å²) in [6.07, 6.45) is -4.55. The summed E-state index contributed by atoms with van der Waals surface area (Å²) in [5.74, 6) is -0.256. The number of alkyl halides is 3. The molecular formula is C12H10F4N4. The fourth-order valence-corrected chi connectivity index (χ4v) is 1.59. The summed E-state index contributed by atoms with van der Waals surface area (Å²) in [6.45, 7) is 1.56. The maximum absolute atomic E-state index is 13.5. The Labute approximate surface area is 111 Å². The molecule has 0 spiro atoms. The van der Waals surface area contributed by atoms with Crippen LogP contribution in [0.1, 0.15) is 11.4 Å². The lowest BCUT2D eigenvalue weighted by Crippen LogP contribution is -2.07. The molecule has 0 fully saturated rings. The maximum Gasteiger partial charge on any atom is 0.416 e. The number of benzene rings is 1. The molecule has 3 N–H and O–H groups in total. The fourth-order valence-electron chi connectivity index (χ4n) is 1.59. The number of halogens is 4. The Balaban J connectivity index is 2.37. The highest BCUT2D eigenvalue weighted by Crippen LogP contribution is 2.32. The summed E-state index contributed by atoms with van der Waals surface area (Å²) >= 11 is 0. The highest BCUT2D eigenvalue weighted by Gasteiger charge is 2.31. The molecule has 1 aromatic heterocycles. The van der Waals surface area contributed by atoms with Crippen LogP contribution in [0.15, 0.2) is 24.3 Å². The topological polar surface area (TPSA) is 63.8 Å². The van der Waals surface area contributed by atoms with Gasteiger partial charge in [0.1, 0.15) is 23.3 Å². The van der Waals surface area contributed by atoms with Gasteiger partial charge >= 0.3 is 6.18 Å². The molecule has 0 saturated heterocycles. The van der Waals surface area contributed by atoms with Gasteiger partial charge in [-0.2, -0.15) is 13.2 Å². The van der Waals surface area contributed by atoms with E-state index in [2.05, 4.69) is 15.3 Å². The number of hydrogen-bond donors (Lipinski definition) is 2. The second kappa shape index (κ2) is 4.95. The van der Waals surface area contributed by atoms with Crippen molar-refractivity contribution in [1.29, 1.82) is 0 Å². The predicted octanol–water partition coefficient (Wildman–Crippen LogP) is 3.27. The summed E-state index contributed by atoms with van der Waals surface area (Å²) in [4.78, 5) is 7.72. The van der Waals surface area contributed by atoms with Gasteiger partial charge in [-0.3, -0.25) is 0 Å². The van der Waals surface area contributed by atoms with Crippen LogP contribution < -0.4 is 11.1 Å². The molecule has 0 unspecified atom stereocenters. The molecule has 0 aliphatic rings. The molecule has 0 radical (unpaired) electrons. The van der Waals surface area contributed by atoms with Gasteiger partial charge in [-0.1, -0.05) is 0 Å². The van der Waals surface area contributed by atoms with Gasteiger partial charge in [-0.15, -0.1) is 0 Å². The van der Waals surface area contributed by atoms with Crippen LogP contribution in [0, 0.1) is 12.7 Å². The smallest absolute Gasteiger partial charge is 0.384 e. The molecule has 20 heavy (non-hydrogen) atoms. The lowest BCUT2D eigenvalue weighted by Gasteiger charge is -2.11. The van der Waals surface area contributed by atoms with Crippen molar-refractivity contribution in [2.24, 2.45) is 0 Å². The second-order valence-electron chi connectivity index (χ2n) is 4.04. The highest BCUT2D eigenvalue weighted by atomic mass is 19.4. The average molecular weight is 286 g/mol. The van der Waals surface area contributed by atoms with Crippen LogP contribution >= 0.6 is 0 Å². The van der Waals surface area contributed by atoms with E-state index in [1.54, 1.807) is 6.92 Å². The molecule has 2 aromatic rings. The van der Waals surface area contributed by atoms with Crippen LogP contribution in [-0.4, -0.2) is 9.97 Å². The van der Waals surface area contributed by atoms with E-state index in [1.807, 2.05) is 0 Å². The van der Waals surface area contributed by atoms with Crippen molar-refractivity contribution in [2.45, 2.75) is 13.1 Å². The predicted molar refractivity (Wildman–Crippen MR) is 65.9 cm³/mol. The molecule has 0 amide bonds. The molecular weight excluding hydrogens is 276 g/mol. The van der Waals surface area contributed by atoms with Crippen LogP contribution in [-0.2, 0) is 6.18 Å². The van der Waals surface area contributed by atoms with E-state index in [0.29, 0.717) is 18.0 Å². The van der Waals surface area contributed by atoms with Gasteiger partial charge < -0.3 is 11.1 Å². The molecule has 8 heteroatoms. The van der Waals surface area contributed by atoms with Gasteiger partial charge in [0, 0.05) is 6.07 Å². The van der Waals surface area contributed by atoms with Gasteiger partial charge in [-0.25, -0.2) is 14.4 Å². The third-order valence-corrected chi connectivity index (χ3v) is 2.41. The molecule has 4 nitrogen and oxygen atoms in total. The number of anilines is 3. The molecule has 1 aromatic carbocycles. The lowest BCUT2D eigenvalue weighted by atomic mass is 10.2. The SMILES string of the molecule is Cc1nc(N)cc(Nc2cc(C(F)(F)F)ccc2F)n1. The normalized spacial score (nSPS) is 11.4. The molecule has 0 bridgehead atoms. The molecule has 1 heterocycles. The van der Waals surface area contributed by atoms with Crippen LogP contribution in [0.2, 0.25) is 0 Å². The van der Waals surface area contributed by atoms with Crippen LogP contribution in [0.4, 0.5) is 34.9 Å². The first-order valence-electron chi connectivity index (χ1n) is 5.50. The Kier molecular flexibility index (Phi) is 3.47. The monoisotopic (exact) mass is 286 g/mol. The van der Waals surface area contributed by atoms with Gasteiger partial charge in [0.25, 0.3) is 0 Å². The molecule has 0 atom stereocenters. The van der Waals surface area contributed by atoms with Crippen LogP contribution in [0.5, 0.6) is 0 Å². The Hall–Kier alpha value is -2.38. The zero-order chi connectivity index (χ0) is 14.9. The Morgan fingerprint density at radius 2 is 1.85 bits per heavy atom. The zero-order valence-corrected chi connectivity index (χ0v) is 10.3. The van der Waals surface area contributed by atoms with Gasteiger partial charge in [0.15, 0.2) is 0 Å². The van der Waals surface area contributed by atoms with Crippen molar-refractivity contribution < 1.29 is 17.6 Å². The van der Waals surface area contributed by atoms with Crippen LogP contribution in [0.3, 0.4) is 0 Å². The van der Waals surface area contributed by atoms with Gasteiger partial charge in [-0.05, 0) is 25.1 Å². The summed E-state index contributed by atoms with van der Waals surface area (Å²) in [5.41, 5.74) is 4.19. The minimum absolute atomic E-state index is 0.119. The Bertz CT molecular complexity index is 620. The molecule has 106 valence electrons. The first-order valence-corrected chi connectivity index (χ1v) is 5.50. The Morgan fingerprint density at radius 1 is 1.15 bits per heavy atom. The molecule has 0 saturated carbocycles. The van der Waals surface area contributed by atoms with Crippen molar-refractivity contribution in [1.82, 2.24) is 9.97 Å². The standard InChI is InChI=1S/C12H10F4N4/c1-6-18-10(17)5-11(19-6)20-9-4-7(12(14,15)16)2-3-8(9)13/h2-5H,1H3,(H3,17,18,19,20). The minimum Gasteiger partial charge on any atom is -0.384 e. The third-order valence-electron chi connectivity index (χ3n) is 2.41. The maximum atomic E-state index is 13.5. The fraction of sp³-hybridized carbons (Fsp3) is 0.167. The van der Waals surface area contributed by atoms with Gasteiger partial charge in [0.05, 0.1) is 11.3 Å². The molecule has 0 aliphatic carbocycles. The molecule has 2 rings (SSSR count). The van der Waals surface area contributed by atoms with E-state index in [0.717, 1.165) is 6.07 Å². The van der Waals surface area contributed by atoms with E-state index in [1.165, 1.54) is 6.07 Å². The first-order chi connectivity index (χ1) is 9.25. The minimum atomic E-state index is -4.55. The number of aryl methyl sites for hydroxylation is 1. The largest absolute Gasteiger partial charge is 0.416 e.